The molecule has 0 atom stereocenters. The minimum atomic E-state index is 0.861. The Balaban J connectivity index is 1.21. The van der Waals surface area contributed by atoms with Gasteiger partial charge in [-0.1, -0.05) is 91.0 Å². The predicted molar refractivity (Wildman–Crippen MR) is 208 cm³/mol. The number of fused-ring (bicyclic) bond motifs is 11. The molecule has 234 valence electrons. The molecule has 4 heteroatoms. The molecule has 11 rings (SSSR count). The fraction of sp³-hybridized carbons (Fsp3) is 0. The van der Waals surface area contributed by atoms with Gasteiger partial charge in [0.05, 0.1) is 16.7 Å². The molecule has 3 aromatic heterocycles. The third-order valence-corrected chi connectivity index (χ3v) is 10.2. The Bertz CT molecular complexity index is 3110. The maximum absolute atomic E-state index is 6.44. The van der Waals surface area contributed by atoms with Crippen LogP contribution in [0.5, 0.6) is 0 Å². The zero-order chi connectivity index (χ0) is 32.8. The first-order chi connectivity index (χ1) is 24.8. The number of aromatic nitrogens is 1. The van der Waals surface area contributed by atoms with Crippen LogP contribution < -0.4 is 4.90 Å². The molecule has 0 amide bonds. The summed E-state index contributed by atoms with van der Waals surface area (Å²) in [6, 6.07) is 60.2. The number of hydrogen-bond donors (Lipinski definition) is 0. The van der Waals surface area contributed by atoms with Gasteiger partial charge in [0.1, 0.15) is 22.3 Å². The van der Waals surface area contributed by atoms with Crippen molar-refractivity contribution in [2.45, 2.75) is 0 Å². The number of nitrogens with zero attached hydrogens (tertiary/aromatic N) is 2. The van der Waals surface area contributed by atoms with E-state index in [1.165, 1.54) is 21.7 Å². The number of para-hydroxylation sites is 4. The smallest absolute Gasteiger partial charge is 0.137 e. The minimum absolute atomic E-state index is 0.861. The first-order valence-electron chi connectivity index (χ1n) is 16.9. The van der Waals surface area contributed by atoms with Crippen molar-refractivity contribution in [3.8, 4) is 5.69 Å². The summed E-state index contributed by atoms with van der Waals surface area (Å²) in [4.78, 5) is 2.38. The van der Waals surface area contributed by atoms with Gasteiger partial charge in [0.15, 0.2) is 0 Å². The SMILES string of the molecule is c1ccc(-n2c3ccccc3c3c(N(c4ccc5c(ccc6oc7ccccc7c65)c4)c4ccc5c(c4)oc4ccccc45)cccc32)cc1. The van der Waals surface area contributed by atoms with E-state index < -0.39 is 0 Å². The summed E-state index contributed by atoms with van der Waals surface area (Å²) < 4.78 is 15.1. The summed E-state index contributed by atoms with van der Waals surface area (Å²) in [5.41, 5.74) is 10.2. The third-order valence-electron chi connectivity index (χ3n) is 10.2. The van der Waals surface area contributed by atoms with Crippen LogP contribution in [0.2, 0.25) is 0 Å². The van der Waals surface area contributed by atoms with Gasteiger partial charge in [-0.15, -0.1) is 0 Å². The number of hydrogen-bond acceptors (Lipinski definition) is 3. The van der Waals surface area contributed by atoms with Gasteiger partial charge in [-0.05, 0) is 83.6 Å². The van der Waals surface area contributed by atoms with Crippen LogP contribution in [-0.2, 0) is 0 Å². The Morgan fingerprint density at radius 1 is 0.380 bits per heavy atom. The van der Waals surface area contributed by atoms with E-state index in [1.54, 1.807) is 0 Å². The van der Waals surface area contributed by atoms with Crippen LogP contribution in [0.1, 0.15) is 0 Å². The normalized spacial score (nSPS) is 12.0. The maximum atomic E-state index is 6.44. The second kappa shape index (κ2) is 10.4. The van der Waals surface area contributed by atoms with Gasteiger partial charge in [-0.2, -0.15) is 0 Å². The van der Waals surface area contributed by atoms with Gasteiger partial charge in [0.25, 0.3) is 0 Å². The van der Waals surface area contributed by atoms with Crippen molar-refractivity contribution in [3.63, 3.8) is 0 Å². The van der Waals surface area contributed by atoms with Gasteiger partial charge in [0.2, 0.25) is 0 Å². The molecule has 0 radical (unpaired) electrons. The van der Waals surface area contributed by atoms with Crippen molar-refractivity contribution < 1.29 is 8.83 Å². The first-order valence-corrected chi connectivity index (χ1v) is 16.9. The standard InChI is InChI=1S/C46H28N2O2/c1-2-11-30(12-3-1)48-38-16-7-4-14-36(38)46-39(17-10-18-40(46)48)47(32-23-25-35-34-13-5-8-19-41(34)50-44(35)28-32)31-22-24-33-29(27-31)21-26-43-45(33)37-15-6-9-20-42(37)49-43/h1-28H. The van der Waals surface area contributed by atoms with Crippen LogP contribution in [0.3, 0.4) is 0 Å². The van der Waals surface area contributed by atoms with Crippen molar-refractivity contribution in [2.24, 2.45) is 0 Å². The van der Waals surface area contributed by atoms with Gasteiger partial charge < -0.3 is 18.3 Å². The van der Waals surface area contributed by atoms with Gasteiger partial charge in [0, 0.05) is 55.4 Å². The quantitative estimate of drug-likeness (QED) is 0.192. The second-order valence-corrected chi connectivity index (χ2v) is 12.9. The summed E-state index contributed by atoms with van der Waals surface area (Å²) in [5.74, 6) is 0. The summed E-state index contributed by atoms with van der Waals surface area (Å²) >= 11 is 0. The highest BCUT2D eigenvalue weighted by molar-refractivity contribution is 6.20. The summed E-state index contributed by atoms with van der Waals surface area (Å²) in [5, 5.41) is 9.21. The molecule has 8 aromatic carbocycles. The average Bonchev–Trinajstić information content (AvgIpc) is 3.85. The summed E-state index contributed by atoms with van der Waals surface area (Å²) in [6.07, 6.45) is 0. The van der Waals surface area contributed by atoms with Crippen LogP contribution in [0.15, 0.2) is 179 Å². The molecule has 0 aliphatic rings. The molecule has 0 fully saturated rings. The van der Waals surface area contributed by atoms with E-state index in [0.29, 0.717) is 0 Å². The highest BCUT2D eigenvalue weighted by Gasteiger charge is 2.22. The van der Waals surface area contributed by atoms with E-state index in [9.17, 15) is 0 Å². The van der Waals surface area contributed by atoms with Crippen molar-refractivity contribution in [2.75, 3.05) is 4.90 Å². The molecule has 0 saturated carbocycles. The summed E-state index contributed by atoms with van der Waals surface area (Å²) in [7, 11) is 0. The molecular formula is C46H28N2O2. The minimum Gasteiger partial charge on any atom is -0.456 e. The summed E-state index contributed by atoms with van der Waals surface area (Å²) in [6.45, 7) is 0. The Morgan fingerprint density at radius 3 is 1.88 bits per heavy atom. The molecule has 0 unspecified atom stereocenters. The Morgan fingerprint density at radius 2 is 1.02 bits per heavy atom. The second-order valence-electron chi connectivity index (χ2n) is 12.9. The van der Waals surface area contributed by atoms with E-state index in [1.807, 2.05) is 24.3 Å². The molecule has 0 aliphatic carbocycles. The first kappa shape index (κ1) is 27.2. The van der Waals surface area contributed by atoms with E-state index in [-0.39, 0.29) is 0 Å². The van der Waals surface area contributed by atoms with Crippen LogP contribution in [0.4, 0.5) is 17.1 Å². The third kappa shape index (κ3) is 3.87. The molecular weight excluding hydrogens is 613 g/mol. The molecule has 0 aliphatic heterocycles. The lowest BCUT2D eigenvalue weighted by atomic mass is 10.0. The lowest BCUT2D eigenvalue weighted by Gasteiger charge is -2.27. The molecule has 0 N–H and O–H groups in total. The van der Waals surface area contributed by atoms with Crippen molar-refractivity contribution in [1.29, 1.82) is 0 Å². The maximum Gasteiger partial charge on any atom is 0.137 e. The van der Waals surface area contributed by atoms with E-state index >= 15 is 0 Å². The molecule has 4 nitrogen and oxygen atoms in total. The monoisotopic (exact) mass is 640 g/mol. The van der Waals surface area contributed by atoms with Crippen molar-refractivity contribution in [1.82, 2.24) is 4.57 Å². The lowest BCUT2D eigenvalue weighted by Crippen LogP contribution is -2.10. The molecule has 0 saturated heterocycles. The molecule has 50 heavy (non-hydrogen) atoms. The van der Waals surface area contributed by atoms with Crippen LogP contribution in [-0.4, -0.2) is 4.57 Å². The number of benzene rings is 8. The predicted octanol–water partition coefficient (Wildman–Crippen LogP) is 13.2. The zero-order valence-electron chi connectivity index (χ0n) is 26.9. The number of rotatable bonds is 4. The molecule has 0 bridgehead atoms. The zero-order valence-corrected chi connectivity index (χ0v) is 26.9. The number of furan rings is 2. The largest absolute Gasteiger partial charge is 0.456 e. The van der Waals surface area contributed by atoms with E-state index in [4.69, 9.17) is 8.83 Å². The number of anilines is 3. The highest BCUT2D eigenvalue weighted by Crippen LogP contribution is 2.46. The highest BCUT2D eigenvalue weighted by atomic mass is 16.3. The van der Waals surface area contributed by atoms with Crippen molar-refractivity contribution in [3.05, 3.63) is 170 Å². The van der Waals surface area contributed by atoms with Crippen LogP contribution in [0.25, 0.3) is 82.1 Å². The van der Waals surface area contributed by atoms with Gasteiger partial charge >= 0.3 is 0 Å². The molecule has 11 aromatic rings. The molecule has 0 spiro atoms. The Labute approximate surface area is 286 Å². The average molecular weight is 641 g/mol. The van der Waals surface area contributed by atoms with Crippen molar-refractivity contribution >= 4 is 93.5 Å². The van der Waals surface area contributed by atoms with Gasteiger partial charge in [-0.25, -0.2) is 0 Å². The van der Waals surface area contributed by atoms with E-state index in [2.05, 4.69) is 155 Å². The fourth-order valence-corrected chi connectivity index (χ4v) is 8.00. The Hall–Kier alpha value is -6.78. The molecule has 3 heterocycles. The topological polar surface area (TPSA) is 34.5 Å². The van der Waals surface area contributed by atoms with Gasteiger partial charge in [-0.3, -0.25) is 0 Å². The fourth-order valence-electron chi connectivity index (χ4n) is 8.00. The lowest BCUT2D eigenvalue weighted by molar-refractivity contribution is 0.668. The van der Waals surface area contributed by atoms with Crippen LogP contribution >= 0.6 is 0 Å². The Kier molecular flexibility index (Phi) is 5.63. The van der Waals surface area contributed by atoms with Crippen LogP contribution in [0, 0.1) is 0 Å². The van der Waals surface area contributed by atoms with E-state index in [0.717, 1.165) is 77.5 Å².